The Morgan fingerprint density at radius 1 is 1.00 bits per heavy atom. The minimum atomic E-state index is 0.177. The summed E-state index contributed by atoms with van der Waals surface area (Å²) in [6.45, 7) is 6.47. The van der Waals surface area contributed by atoms with Crippen LogP contribution in [0.2, 0.25) is 0 Å². The molecule has 1 saturated heterocycles. The van der Waals surface area contributed by atoms with Crippen molar-refractivity contribution in [3.8, 4) is 0 Å². The summed E-state index contributed by atoms with van der Waals surface area (Å²) in [5.74, 6) is 2.43. The topological polar surface area (TPSA) is 71.2 Å². The monoisotopic (exact) mass is 364 g/mol. The van der Waals surface area contributed by atoms with Crippen LogP contribution in [0.5, 0.6) is 0 Å². The third-order valence-corrected chi connectivity index (χ3v) is 4.97. The van der Waals surface area contributed by atoms with Gasteiger partial charge in [0.05, 0.1) is 6.54 Å². The molecule has 0 saturated carbocycles. The molecule has 0 aliphatic carbocycles. The number of rotatable bonds is 6. The molecule has 1 aliphatic heterocycles. The molecule has 1 fully saturated rings. The molecule has 1 aliphatic rings. The lowest BCUT2D eigenvalue weighted by atomic mass is 9.96. The van der Waals surface area contributed by atoms with Crippen molar-refractivity contribution in [2.45, 2.75) is 25.8 Å². The van der Waals surface area contributed by atoms with Crippen molar-refractivity contribution < 1.29 is 4.52 Å². The highest BCUT2D eigenvalue weighted by molar-refractivity contribution is 5.29. The summed E-state index contributed by atoms with van der Waals surface area (Å²) in [5, 5.41) is 4.25. The van der Waals surface area contributed by atoms with E-state index in [9.17, 15) is 0 Å². The normalized spacial score (nSPS) is 16.4. The quantitative estimate of drug-likeness (QED) is 0.666. The Labute approximate surface area is 159 Å². The Bertz CT molecular complexity index is 830. The van der Waals surface area contributed by atoms with Crippen LogP contribution in [0.3, 0.4) is 0 Å². The molecule has 0 radical (unpaired) electrons. The van der Waals surface area contributed by atoms with Gasteiger partial charge in [0.15, 0.2) is 5.82 Å². The van der Waals surface area contributed by atoms with Crippen LogP contribution in [0.4, 0.5) is 5.95 Å². The fraction of sp³-hybridized carbons (Fsp3) is 0.400. The first-order valence-electron chi connectivity index (χ1n) is 9.45. The van der Waals surface area contributed by atoms with Gasteiger partial charge in [0.1, 0.15) is 0 Å². The first-order chi connectivity index (χ1) is 13.3. The van der Waals surface area contributed by atoms with Gasteiger partial charge in [-0.05, 0) is 18.1 Å². The highest BCUT2D eigenvalue weighted by Crippen LogP contribution is 2.25. The van der Waals surface area contributed by atoms with Crippen LogP contribution in [-0.2, 0) is 6.54 Å². The second kappa shape index (κ2) is 8.26. The van der Waals surface area contributed by atoms with Gasteiger partial charge in [0.2, 0.25) is 11.8 Å². The van der Waals surface area contributed by atoms with Gasteiger partial charge in [-0.2, -0.15) is 4.98 Å². The fourth-order valence-electron chi connectivity index (χ4n) is 3.48. The average molecular weight is 364 g/mol. The number of anilines is 1. The SMILES string of the molecule is CCC(c1ccccc1)c1noc(CN2CCN(c3ncccn3)CC2)n1. The zero-order chi connectivity index (χ0) is 18.5. The lowest BCUT2D eigenvalue weighted by Crippen LogP contribution is -2.46. The van der Waals surface area contributed by atoms with Gasteiger partial charge in [-0.25, -0.2) is 9.97 Å². The third-order valence-electron chi connectivity index (χ3n) is 4.97. The Morgan fingerprint density at radius 2 is 1.74 bits per heavy atom. The van der Waals surface area contributed by atoms with E-state index in [1.807, 2.05) is 12.1 Å². The molecule has 2 aromatic heterocycles. The molecule has 7 nitrogen and oxygen atoms in total. The van der Waals surface area contributed by atoms with Gasteiger partial charge in [0.25, 0.3) is 0 Å². The van der Waals surface area contributed by atoms with Crippen LogP contribution >= 0.6 is 0 Å². The molecule has 3 heterocycles. The van der Waals surface area contributed by atoms with Crippen molar-refractivity contribution in [1.29, 1.82) is 0 Å². The van der Waals surface area contributed by atoms with Crippen molar-refractivity contribution in [1.82, 2.24) is 25.0 Å². The molecule has 0 bridgehead atoms. The number of nitrogens with zero attached hydrogens (tertiary/aromatic N) is 6. The maximum atomic E-state index is 5.54. The van der Waals surface area contributed by atoms with E-state index in [1.54, 1.807) is 12.4 Å². The van der Waals surface area contributed by atoms with E-state index in [1.165, 1.54) is 5.56 Å². The maximum Gasteiger partial charge on any atom is 0.240 e. The summed E-state index contributed by atoms with van der Waals surface area (Å²) in [5.41, 5.74) is 1.23. The summed E-state index contributed by atoms with van der Waals surface area (Å²) in [4.78, 5) is 17.9. The molecule has 0 spiro atoms. The Morgan fingerprint density at radius 3 is 2.44 bits per heavy atom. The smallest absolute Gasteiger partial charge is 0.240 e. The molecular weight excluding hydrogens is 340 g/mol. The van der Waals surface area contributed by atoms with Gasteiger partial charge >= 0.3 is 0 Å². The van der Waals surface area contributed by atoms with Crippen molar-refractivity contribution >= 4 is 5.95 Å². The molecule has 0 N–H and O–H groups in total. The van der Waals surface area contributed by atoms with E-state index in [0.29, 0.717) is 12.4 Å². The van der Waals surface area contributed by atoms with E-state index in [2.05, 4.69) is 61.1 Å². The summed E-state index contributed by atoms with van der Waals surface area (Å²) < 4.78 is 5.54. The van der Waals surface area contributed by atoms with Crippen molar-refractivity contribution in [2.24, 2.45) is 0 Å². The zero-order valence-electron chi connectivity index (χ0n) is 15.5. The van der Waals surface area contributed by atoms with Crippen LogP contribution in [0.1, 0.15) is 36.5 Å². The molecule has 0 amide bonds. The minimum Gasteiger partial charge on any atom is -0.338 e. The molecule has 7 heteroatoms. The van der Waals surface area contributed by atoms with Crippen LogP contribution in [0.15, 0.2) is 53.3 Å². The predicted octanol–water partition coefficient (Wildman–Crippen LogP) is 2.72. The van der Waals surface area contributed by atoms with Gasteiger partial charge in [-0.3, -0.25) is 4.90 Å². The molecular formula is C20H24N6O. The highest BCUT2D eigenvalue weighted by Gasteiger charge is 2.22. The maximum absolute atomic E-state index is 5.54. The predicted molar refractivity (Wildman–Crippen MR) is 102 cm³/mol. The van der Waals surface area contributed by atoms with Gasteiger partial charge in [0, 0.05) is 44.5 Å². The molecule has 4 rings (SSSR count). The van der Waals surface area contributed by atoms with Gasteiger partial charge in [-0.1, -0.05) is 42.4 Å². The molecule has 140 valence electrons. The van der Waals surface area contributed by atoms with Gasteiger partial charge < -0.3 is 9.42 Å². The van der Waals surface area contributed by atoms with E-state index >= 15 is 0 Å². The standard InChI is InChI=1S/C20H24N6O/c1-2-17(16-7-4-3-5-8-16)19-23-18(27-24-19)15-25-11-13-26(14-12-25)20-21-9-6-10-22-20/h3-10,17H,2,11-15H2,1H3. The van der Waals surface area contributed by atoms with Gasteiger partial charge in [-0.15, -0.1) is 0 Å². The fourth-order valence-corrected chi connectivity index (χ4v) is 3.48. The van der Waals surface area contributed by atoms with E-state index in [-0.39, 0.29) is 5.92 Å². The summed E-state index contributed by atoms with van der Waals surface area (Å²) in [6, 6.07) is 12.2. The summed E-state index contributed by atoms with van der Waals surface area (Å²) in [6.07, 6.45) is 4.51. The van der Waals surface area contributed by atoms with Crippen LogP contribution in [-0.4, -0.2) is 51.2 Å². The first-order valence-corrected chi connectivity index (χ1v) is 9.45. The average Bonchev–Trinajstić information content (AvgIpc) is 3.19. The third kappa shape index (κ3) is 4.14. The summed E-state index contributed by atoms with van der Waals surface area (Å²) >= 11 is 0. The van der Waals surface area contributed by atoms with Crippen LogP contribution < -0.4 is 4.90 Å². The molecule has 1 aromatic carbocycles. The lowest BCUT2D eigenvalue weighted by molar-refractivity contribution is 0.214. The summed E-state index contributed by atoms with van der Waals surface area (Å²) in [7, 11) is 0. The lowest BCUT2D eigenvalue weighted by Gasteiger charge is -2.33. The second-order valence-corrected chi connectivity index (χ2v) is 6.73. The van der Waals surface area contributed by atoms with E-state index in [0.717, 1.165) is 44.4 Å². The van der Waals surface area contributed by atoms with Crippen molar-refractivity contribution in [3.63, 3.8) is 0 Å². The number of hydrogen-bond acceptors (Lipinski definition) is 7. The first kappa shape index (κ1) is 17.6. The van der Waals surface area contributed by atoms with Crippen LogP contribution in [0, 0.1) is 0 Å². The molecule has 27 heavy (non-hydrogen) atoms. The number of aromatic nitrogens is 4. The van der Waals surface area contributed by atoms with Crippen molar-refractivity contribution in [2.75, 3.05) is 31.1 Å². The number of piperazine rings is 1. The van der Waals surface area contributed by atoms with E-state index < -0.39 is 0 Å². The van der Waals surface area contributed by atoms with E-state index in [4.69, 9.17) is 4.52 Å². The number of hydrogen-bond donors (Lipinski definition) is 0. The number of benzene rings is 1. The van der Waals surface area contributed by atoms with Crippen LogP contribution in [0.25, 0.3) is 0 Å². The molecule has 3 aromatic rings. The molecule has 1 unspecified atom stereocenters. The molecule has 1 atom stereocenters. The Balaban J connectivity index is 1.36. The minimum absolute atomic E-state index is 0.177. The largest absolute Gasteiger partial charge is 0.338 e. The Hall–Kier alpha value is -2.80. The van der Waals surface area contributed by atoms with Crippen molar-refractivity contribution in [3.05, 3.63) is 66.1 Å². The Kier molecular flexibility index (Phi) is 5.39. The highest BCUT2D eigenvalue weighted by atomic mass is 16.5. The second-order valence-electron chi connectivity index (χ2n) is 6.73. The zero-order valence-corrected chi connectivity index (χ0v) is 15.5.